The summed E-state index contributed by atoms with van der Waals surface area (Å²) in [7, 11) is 0. The topological polar surface area (TPSA) is 78.9 Å². The summed E-state index contributed by atoms with van der Waals surface area (Å²) in [4.78, 5) is 37.9. The highest BCUT2D eigenvalue weighted by molar-refractivity contribution is 5.71. The van der Waals surface area contributed by atoms with Crippen LogP contribution in [0.25, 0.3) is 0 Å². The molecular weight excluding hydrogens is 817 g/mol. The zero-order valence-electron chi connectivity index (χ0n) is 43.4. The number of hydrogen-bond donors (Lipinski definition) is 0. The summed E-state index contributed by atoms with van der Waals surface area (Å²) in [6.45, 7) is 6.45. The fourth-order valence-corrected chi connectivity index (χ4v) is 7.78. The molecule has 0 rings (SSSR count). The number of unbranched alkanes of at least 4 members (excludes halogenated alkanes) is 27. The van der Waals surface area contributed by atoms with Crippen LogP contribution in [0.1, 0.15) is 271 Å². The largest absolute Gasteiger partial charge is 0.462 e. The van der Waals surface area contributed by atoms with Crippen LogP contribution in [-0.4, -0.2) is 37.2 Å². The molecule has 0 bridgehead atoms. The molecule has 0 aliphatic rings. The minimum Gasteiger partial charge on any atom is -0.462 e. The van der Waals surface area contributed by atoms with Gasteiger partial charge in [-0.3, -0.25) is 14.4 Å². The molecule has 0 aromatic carbocycles. The van der Waals surface area contributed by atoms with Crippen molar-refractivity contribution in [3.05, 3.63) is 72.9 Å². The second-order valence-electron chi connectivity index (χ2n) is 18.5. The molecule has 0 spiro atoms. The maximum atomic E-state index is 12.7. The maximum Gasteiger partial charge on any atom is 0.306 e. The van der Waals surface area contributed by atoms with Crippen LogP contribution >= 0.6 is 0 Å². The van der Waals surface area contributed by atoms with Gasteiger partial charge in [0.15, 0.2) is 6.10 Å². The monoisotopic (exact) mass is 921 g/mol. The Morgan fingerprint density at radius 1 is 0.318 bits per heavy atom. The van der Waals surface area contributed by atoms with E-state index in [-0.39, 0.29) is 37.5 Å². The van der Waals surface area contributed by atoms with Crippen LogP contribution in [0.5, 0.6) is 0 Å². The molecule has 0 aliphatic carbocycles. The van der Waals surface area contributed by atoms with Gasteiger partial charge in [0.25, 0.3) is 0 Å². The average Bonchev–Trinajstić information content (AvgIpc) is 3.31. The third-order valence-corrected chi connectivity index (χ3v) is 12.0. The Kier molecular flexibility index (Phi) is 51.9. The van der Waals surface area contributed by atoms with Crippen molar-refractivity contribution in [1.29, 1.82) is 0 Å². The van der Waals surface area contributed by atoms with Gasteiger partial charge in [0.2, 0.25) is 0 Å². The van der Waals surface area contributed by atoms with Crippen LogP contribution in [0.15, 0.2) is 72.9 Å². The standard InChI is InChI=1S/C60H104O6/c1-4-7-10-13-16-19-22-24-25-26-27-28-29-30-31-32-33-34-35-37-38-41-44-47-50-53-59(62)65-56-57(55-64-58(61)52-49-46-43-40-21-18-15-12-9-6-3)66-60(63)54-51-48-45-42-39-36-23-20-17-14-11-8-5-2/h8,11,17,20,22,24,26-27,36,39,45,48,57H,4-7,9-10,12-16,18-19,21,23,25,28-35,37-38,40-44,46-47,49-56H2,1-3H3/b11-8-,20-17-,24-22-,27-26-,39-36-,48-45-. The van der Waals surface area contributed by atoms with Crippen molar-refractivity contribution in [2.24, 2.45) is 0 Å². The molecule has 0 saturated heterocycles. The number of carbonyl (C=O) groups excluding carboxylic acids is 3. The van der Waals surface area contributed by atoms with Gasteiger partial charge < -0.3 is 14.2 Å². The van der Waals surface area contributed by atoms with E-state index in [0.717, 1.165) is 70.6 Å². The highest BCUT2D eigenvalue weighted by atomic mass is 16.6. The lowest BCUT2D eigenvalue weighted by molar-refractivity contribution is -0.166. The van der Waals surface area contributed by atoms with E-state index >= 15 is 0 Å². The molecule has 6 nitrogen and oxygen atoms in total. The molecule has 0 aliphatic heterocycles. The second-order valence-corrected chi connectivity index (χ2v) is 18.5. The van der Waals surface area contributed by atoms with Crippen LogP contribution in [0.4, 0.5) is 0 Å². The Morgan fingerprint density at radius 2 is 0.621 bits per heavy atom. The van der Waals surface area contributed by atoms with E-state index in [4.69, 9.17) is 14.2 Å². The van der Waals surface area contributed by atoms with Crippen LogP contribution in [0.2, 0.25) is 0 Å². The zero-order valence-corrected chi connectivity index (χ0v) is 43.4. The minimum atomic E-state index is -0.810. The molecule has 0 heterocycles. The molecule has 380 valence electrons. The van der Waals surface area contributed by atoms with Crippen molar-refractivity contribution in [3.8, 4) is 0 Å². The number of hydrogen-bond acceptors (Lipinski definition) is 6. The number of esters is 3. The van der Waals surface area contributed by atoms with Gasteiger partial charge in [-0.1, -0.05) is 248 Å². The molecule has 0 radical (unpaired) electrons. The van der Waals surface area contributed by atoms with E-state index in [2.05, 4.69) is 81.5 Å². The highest BCUT2D eigenvalue weighted by Crippen LogP contribution is 2.15. The van der Waals surface area contributed by atoms with E-state index < -0.39 is 6.10 Å². The lowest BCUT2D eigenvalue weighted by Gasteiger charge is -2.18. The maximum absolute atomic E-state index is 12.7. The van der Waals surface area contributed by atoms with E-state index in [1.54, 1.807) is 0 Å². The van der Waals surface area contributed by atoms with Gasteiger partial charge in [0, 0.05) is 19.3 Å². The summed E-state index contributed by atoms with van der Waals surface area (Å²) in [5.74, 6) is -0.982. The summed E-state index contributed by atoms with van der Waals surface area (Å²) in [5, 5.41) is 0. The number of ether oxygens (including phenoxy) is 3. The Balaban J connectivity index is 4.25. The molecule has 6 heteroatoms. The van der Waals surface area contributed by atoms with Crippen molar-refractivity contribution in [3.63, 3.8) is 0 Å². The average molecular weight is 921 g/mol. The third kappa shape index (κ3) is 51.8. The van der Waals surface area contributed by atoms with Gasteiger partial charge in [0.05, 0.1) is 0 Å². The van der Waals surface area contributed by atoms with E-state index in [9.17, 15) is 14.4 Å². The van der Waals surface area contributed by atoms with Crippen molar-refractivity contribution in [1.82, 2.24) is 0 Å². The predicted octanol–water partition coefficient (Wildman–Crippen LogP) is 18.6. The first kappa shape index (κ1) is 62.8. The van der Waals surface area contributed by atoms with Crippen LogP contribution in [0.3, 0.4) is 0 Å². The summed E-state index contributed by atoms with van der Waals surface area (Å²) in [6.07, 6.45) is 69.2. The van der Waals surface area contributed by atoms with E-state index in [1.807, 2.05) is 12.2 Å². The van der Waals surface area contributed by atoms with Gasteiger partial charge >= 0.3 is 17.9 Å². The molecule has 0 fully saturated rings. The summed E-state index contributed by atoms with van der Waals surface area (Å²) in [6, 6.07) is 0. The Bertz CT molecular complexity index is 1240. The summed E-state index contributed by atoms with van der Waals surface area (Å²) < 4.78 is 16.7. The van der Waals surface area contributed by atoms with E-state index in [0.29, 0.717) is 19.3 Å². The highest BCUT2D eigenvalue weighted by Gasteiger charge is 2.19. The fraction of sp³-hybridized carbons (Fsp3) is 0.750. The summed E-state index contributed by atoms with van der Waals surface area (Å²) in [5.41, 5.74) is 0. The lowest BCUT2D eigenvalue weighted by Crippen LogP contribution is -2.30. The minimum absolute atomic E-state index is 0.102. The zero-order chi connectivity index (χ0) is 47.9. The second kappa shape index (κ2) is 54.5. The molecule has 0 aromatic rings. The molecule has 1 unspecified atom stereocenters. The predicted molar refractivity (Wildman–Crippen MR) is 284 cm³/mol. The lowest BCUT2D eigenvalue weighted by atomic mass is 10.0. The van der Waals surface area contributed by atoms with Crippen molar-refractivity contribution < 1.29 is 28.6 Å². The van der Waals surface area contributed by atoms with Gasteiger partial charge in [-0.2, -0.15) is 0 Å². The van der Waals surface area contributed by atoms with Crippen molar-refractivity contribution in [2.45, 2.75) is 277 Å². The molecular formula is C60H104O6. The number of rotatable bonds is 50. The Hall–Kier alpha value is -3.15. The Morgan fingerprint density at radius 3 is 0.985 bits per heavy atom. The first-order valence-corrected chi connectivity index (χ1v) is 27.9. The molecule has 66 heavy (non-hydrogen) atoms. The van der Waals surface area contributed by atoms with Gasteiger partial charge in [-0.25, -0.2) is 0 Å². The van der Waals surface area contributed by atoms with Gasteiger partial charge in [0.1, 0.15) is 13.2 Å². The van der Waals surface area contributed by atoms with E-state index in [1.165, 1.54) is 154 Å². The quantitative estimate of drug-likeness (QED) is 0.0262. The van der Waals surface area contributed by atoms with Crippen LogP contribution < -0.4 is 0 Å². The molecule has 0 N–H and O–H groups in total. The Labute approximate surface area is 408 Å². The van der Waals surface area contributed by atoms with Crippen molar-refractivity contribution >= 4 is 17.9 Å². The number of allylic oxidation sites excluding steroid dienone is 12. The third-order valence-electron chi connectivity index (χ3n) is 12.0. The van der Waals surface area contributed by atoms with Gasteiger partial charge in [-0.05, 0) is 77.0 Å². The van der Waals surface area contributed by atoms with Gasteiger partial charge in [-0.15, -0.1) is 0 Å². The molecule has 0 aromatic heterocycles. The SMILES string of the molecule is CC/C=C\C/C=C\C/C=C\C/C=C\CCC(=O)OC(COC(=O)CCCCCCCCCCCC)COC(=O)CCCCCCCCCCCCCCC/C=C\C/C=C\CCCCCCC. The fourth-order valence-electron chi connectivity index (χ4n) is 7.78. The first-order valence-electron chi connectivity index (χ1n) is 27.9. The normalized spacial score (nSPS) is 12.6. The number of carbonyl (C=O) groups is 3. The smallest absolute Gasteiger partial charge is 0.306 e. The molecule has 0 amide bonds. The molecule has 1 atom stereocenters. The summed E-state index contributed by atoms with van der Waals surface area (Å²) >= 11 is 0. The van der Waals surface area contributed by atoms with Crippen LogP contribution in [-0.2, 0) is 28.6 Å². The molecule has 0 saturated carbocycles. The first-order chi connectivity index (χ1) is 32.5. The van der Waals surface area contributed by atoms with Crippen molar-refractivity contribution in [2.75, 3.05) is 13.2 Å². The van der Waals surface area contributed by atoms with Crippen LogP contribution in [0, 0.1) is 0 Å².